The minimum Gasteiger partial charge on any atom is -0.394 e. The molecule has 1 saturated heterocycles. The van der Waals surface area contributed by atoms with Crippen LogP contribution in [0.5, 0.6) is 0 Å². The van der Waals surface area contributed by atoms with E-state index in [1.165, 1.54) is 180 Å². The average molecular weight is 1010 g/mol. The number of carbonyl (C=O) groups is 1. The number of allylic oxidation sites excluding steroid dienone is 6. The van der Waals surface area contributed by atoms with Gasteiger partial charge >= 0.3 is 0 Å². The van der Waals surface area contributed by atoms with E-state index in [2.05, 4.69) is 55.6 Å². The van der Waals surface area contributed by atoms with Crippen molar-refractivity contribution < 1.29 is 50.0 Å². The number of carbonyl (C=O) groups excluding carboxylic acids is 1. The summed E-state index contributed by atoms with van der Waals surface area (Å²) in [6.45, 7) is 3.46. The molecule has 0 radical (unpaired) electrons. The largest absolute Gasteiger partial charge is 0.394 e. The van der Waals surface area contributed by atoms with Gasteiger partial charge in [0.05, 0.1) is 25.4 Å². The standard InChI is InChI=1S/C60H113NO10/c1-3-5-7-9-11-13-15-17-19-21-22-23-24-25-26-27-28-29-30-32-33-35-37-39-41-43-45-47-52(63)55(65)51(50-70-60-58(68)57(67)56(66)54(49-62)71-60)61-59(69)53(64)48-46-44-42-40-38-36-34-31-20-18-16-14-12-10-8-6-4-2/h27-28,32-33,39,41,51-58,60,62-68H,3-26,29-31,34-38,40,42-50H2,1-2H3,(H,61,69)/b28-27+,33-32+,41-39+. The molecular weight excluding hydrogens is 895 g/mol. The molecule has 11 heteroatoms. The lowest BCUT2D eigenvalue weighted by molar-refractivity contribution is -0.303. The van der Waals surface area contributed by atoms with Gasteiger partial charge in [-0.2, -0.15) is 0 Å². The molecule has 418 valence electrons. The number of aliphatic hydroxyl groups is 7. The lowest BCUT2D eigenvalue weighted by Gasteiger charge is -2.40. The van der Waals surface area contributed by atoms with Crippen LogP contribution < -0.4 is 5.32 Å². The van der Waals surface area contributed by atoms with Gasteiger partial charge in [-0.1, -0.05) is 243 Å². The third-order valence-electron chi connectivity index (χ3n) is 14.4. The number of rotatable bonds is 51. The summed E-state index contributed by atoms with van der Waals surface area (Å²) in [5.74, 6) is -0.709. The monoisotopic (exact) mass is 1010 g/mol. The van der Waals surface area contributed by atoms with Crippen molar-refractivity contribution >= 4 is 5.91 Å². The Bertz CT molecular complexity index is 1250. The highest BCUT2D eigenvalue weighted by Gasteiger charge is 2.44. The van der Waals surface area contributed by atoms with Gasteiger partial charge in [0.1, 0.15) is 36.6 Å². The van der Waals surface area contributed by atoms with Crippen LogP contribution in [-0.4, -0.2) is 110 Å². The predicted octanol–water partition coefficient (Wildman–Crippen LogP) is 12.7. The van der Waals surface area contributed by atoms with Crippen LogP contribution in [-0.2, 0) is 14.3 Å². The highest BCUT2D eigenvalue weighted by Crippen LogP contribution is 2.23. The van der Waals surface area contributed by atoms with Crippen molar-refractivity contribution in [3.8, 4) is 0 Å². The molecule has 0 aromatic rings. The summed E-state index contributed by atoms with van der Waals surface area (Å²) < 4.78 is 11.1. The minimum absolute atomic E-state index is 0.243. The van der Waals surface area contributed by atoms with Crippen molar-refractivity contribution in [1.29, 1.82) is 0 Å². The zero-order valence-electron chi connectivity index (χ0n) is 45.7. The normalized spacial score (nSPS) is 20.4. The first-order valence-corrected chi connectivity index (χ1v) is 29.9. The highest BCUT2D eigenvalue weighted by atomic mass is 16.7. The van der Waals surface area contributed by atoms with E-state index in [9.17, 15) is 40.5 Å². The molecule has 1 fully saturated rings. The van der Waals surface area contributed by atoms with Crippen molar-refractivity contribution in [2.24, 2.45) is 0 Å². The van der Waals surface area contributed by atoms with E-state index in [0.29, 0.717) is 19.3 Å². The molecule has 9 unspecified atom stereocenters. The second kappa shape index (κ2) is 49.2. The molecule has 71 heavy (non-hydrogen) atoms. The summed E-state index contributed by atoms with van der Waals surface area (Å²) in [5, 5.41) is 76.1. The van der Waals surface area contributed by atoms with Crippen LogP contribution >= 0.6 is 0 Å². The Balaban J connectivity index is 2.33. The summed E-state index contributed by atoms with van der Waals surface area (Å²) >= 11 is 0. The lowest BCUT2D eigenvalue weighted by Crippen LogP contribution is -2.60. The molecule has 9 atom stereocenters. The van der Waals surface area contributed by atoms with Crippen molar-refractivity contribution in [1.82, 2.24) is 5.32 Å². The molecule has 8 N–H and O–H groups in total. The lowest BCUT2D eigenvalue weighted by atomic mass is 9.98. The first-order chi connectivity index (χ1) is 34.7. The number of aliphatic hydroxyl groups excluding tert-OH is 7. The Hall–Kier alpha value is -1.67. The average Bonchev–Trinajstić information content (AvgIpc) is 3.37. The molecule has 1 rings (SSSR count). The van der Waals surface area contributed by atoms with Gasteiger partial charge in [0.2, 0.25) is 5.91 Å². The second-order valence-electron chi connectivity index (χ2n) is 21.0. The van der Waals surface area contributed by atoms with Gasteiger partial charge in [-0.3, -0.25) is 4.79 Å². The van der Waals surface area contributed by atoms with Gasteiger partial charge in [0.25, 0.3) is 0 Å². The summed E-state index contributed by atoms with van der Waals surface area (Å²) in [6.07, 6.45) is 49.2. The van der Waals surface area contributed by atoms with Crippen LogP contribution in [0.25, 0.3) is 0 Å². The van der Waals surface area contributed by atoms with Crippen molar-refractivity contribution in [2.45, 2.75) is 326 Å². The first kappa shape index (κ1) is 67.3. The van der Waals surface area contributed by atoms with Crippen molar-refractivity contribution in [2.75, 3.05) is 13.2 Å². The number of nitrogens with one attached hydrogen (secondary N) is 1. The third kappa shape index (κ3) is 37.7. The van der Waals surface area contributed by atoms with E-state index in [4.69, 9.17) is 9.47 Å². The molecule has 0 aliphatic carbocycles. The maximum absolute atomic E-state index is 13.2. The number of hydrogen-bond donors (Lipinski definition) is 8. The minimum atomic E-state index is -1.67. The smallest absolute Gasteiger partial charge is 0.249 e. The topological polar surface area (TPSA) is 189 Å². The molecule has 0 aromatic carbocycles. The molecule has 0 saturated carbocycles. The molecule has 0 spiro atoms. The highest BCUT2D eigenvalue weighted by molar-refractivity contribution is 5.80. The van der Waals surface area contributed by atoms with Gasteiger partial charge < -0.3 is 50.5 Å². The Morgan fingerprint density at radius 2 is 0.845 bits per heavy atom. The van der Waals surface area contributed by atoms with E-state index < -0.39 is 74.2 Å². The third-order valence-corrected chi connectivity index (χ3v) is 14.4. The SMILES string of the molecule is CCCCCCCCCCCCCCCC/C=C/CC/C=C/CC/C=C/CCCC(O)C(O)C(COC1OC(CO)C(O)C(O)C1O)NC(=O)C(O)CCCCCCCCCCCCCCCCCCC. The molecule has 0 bridgehead atoms. The summed E-state index contributed by atoms with van der Waals surface area (Å²) in [5.41, 5.74) is 0. The van der Waals surface area contributed by atoms with Crippen LogP contribution in [0.2, 0.25) is 0 Å². The number of unbranched alkanes of at least 4 members (excludes halogenated alkanes) is 33. The van der Waals surface area contributed by atoms with Gasteiger partial charge in [0.15, 0.2) is 6.29 Å². The zero-order valence-corrected chi connectivity index (χ0v) is 45.7. The fraction of sp³-hybridized carbons (Fsp3) is 0.883. The van der Waals surface area contributed by atoms with Gasteiger partial charge in [-0.25, -0.2) is 0 Å². The maximum Gasteiger partial charge on any atom is 0.249 e. The fourth-order valence-electron chi connectivity index (χ4n) is 9.53. The van der Waals surface area contributed by atoms with Gasteiger partial charge in [0, 0.05) is 0 Å². The quantitative estimate of drug-likeness (QED) is 0.0215. The fourth-order valence-corrected chi connectivity index (χ4v) is 9.53. The summed E-state index contributed by atoms with van der Waals surface area (Å²) in [6, 6.07) is -1.19. The molecular formula is C60H113NO10. The Kier molecular flexibility index (Phi) is 46.7. The van der Waals surface area contributed by atoms with Crippen LogP contribution in [0, 0.1) is 0 Å². The van der Waals surface area contributed by atoms with E-state index >= 15 is 0 Å². The number of amides is 1. The van der Waals surface area contributed by atoms with Gasteiger partial charge in [-0.05, 0) is 64.2 Å². The van der Waals surface area contributed by atoms with Crippen LogP contribution in [0.3, 0.4) is 0 Å². The molecule has 1 aliphatic heterocycles. The molecule has 1 aliphatic rings. The van der Waals surface area contributed by atoms with Gasteiger partial charge in [-0.15, -0.1) is 0 Å². The van der Waals surface area contributed by atoms with E-state index in [0.717, 1.165) is 44.9 Å². The summed E-state index contributed by atoms with van der Waals surface area (Å²) in [7, 11) is 0. The zero-order chi connectivity index (χ0) is 51.8. The Labute approximate surface area is 435 Å². The van der Waals surface area contributed by atoms with E-state index in [-0.39, 0.29) is 12.8 Å². The van der Waals surface area contributed by atoms with Crippen LogP contribution in [0.4, 0.5) is 0 Å². The molecule has 0 aromatic heterocycles. The number of ether oxygens (including phenoxy) is 2. The number of hydrogen-bond acceptors (Lipinski definition) is 10. The van der Waals surface area contributed by atoms with Crippen molar-refractivity contribution in [3.05, 3.63) is 36.5 Å². The Morgan fingerprint density at radius 1 is 0.479 bits per heavy atom. The van der Waals surface area contributed by atoms with Crippen molar-refractivity contribution in [3.63, 3.8) is 0 Å². The van der Waals surface area contributed by atoms with E-state index in [1.54, 1.807) is 0 Å². The predicted molar refractivity (Wildman–Crippen MR) is 293 cm³/mol. The summed E-state index contributed by atoms with van der Waals surface area (Å²) in [4.78, 5) is 13.2. The molecule has 1 heterocycles. The molecule has 1 amide bonds. The van der Waals surface area contributed by atoms with E-state index in [1.807, 2.05) is 0 Å². The second-order valence-corrected chi connectivity index (χ2v) is 21.0. The Morgan fingerprint density at radius 3 is 1.25 bits per heavy atom. The molecule has 11 nitrogen and oxygen atoms in total. The van der Waals surface area contributed by atoms with Crippen LogP contribution in [0.1, 0.15) is 271 Å². The van der Waals surface area contributed by atoms with Crippen LogP contribution in [0.15, 0.2) is 36.5 Å². The maximum atomic E-state index is 13.2. The first-order valence-electron chi connectivity index (χ1n) is 29.9.